The summed E-state index contributed by atoms with van der Waals surface area (Å²) in [4.78, 5) is 20.0. The highest BCUT2D eigenvalue weighted by Gasteiger charge is 2.54. The van der Waals surface area contributed by atoms with Crippen molar-refractivity contribution >= 4 is 23.2 Å². The van der Waals surface area contributed by atoms with Crippen LogP contribution in [-0.2, 0) is 16.1 Å². The molecule has 3 heterocycles. The van der Waals surface area contributed by atoms with Crippen LogP contribution in [0.2, 0.25) is 5.02 Å². The van der Waals surface area contributed by atoms with Gasteiger partial charge >= 0.3 is 0 Å². The van der Waals surface area contributed by atoms with Crippen LogP contribution in [0.25, 0.3) is 0 Å². The van der Waals surface area contributed by atoms with Crippen molar-refractivity contribution in [2.45, 2.75) is 31.0 Å². The average molecular weight is 430 g/mol. The average Bonchev–Trinajstić information content (AvgIpc) is 3.54. The molecule has 0 radical (unpaired) electrons. The van der Waals surface area contributed by atoms with E-state index in [9.17, 15) is 9.18 Å². The third-order valence-electron chi connectivity index (χ3n) is 6.48. The van der Waals surface area contributed by atoms with Crippen LogP contribution in [0.15, 0.2) is 48.5 Å². The molecule has 3 saturated heterocycles. The lowest BCUT2D eigenvalue weighted by Crippen LogP contribution is -2.56. The summed E-state index contributed by atoms with van der Waals surface area (Å²) in [5.74, 6) is -0.0900. The van der Waals surface area contributed by atoms with Crippen molar-refractivity contribution in [3.8, 4) is 0 Å². The second-order valence-electron chi connectivity index (χ2n) is 8.46. The SMILES string of the molecule is O=C1N(CC2CO2)CN(c2ccc(F)cc2)C12CCN(Cc1ccc(Cl)cc1)CC2. The van der Waals surface area contributed by atoms with Crippen LogP contribution < -0.4 is 4.90 Å². The minimum absolute atomic E-state index is 0.157. The Morgan fingerprint density at radius 2 is 1.73 bits per heavy atom. The number of anilines is 1. The molecule has 0 N–H and O–H groups in total. The number of likely N-dealkylation sites (tertiary alicyclic amines) is 1. The van der Waals surface area contributed by atoms with Crippen molar-refractivity contribution in [1.82, 2.24) is 9.80 Å². The predicted octanol–water partition coefficient (Wildman–Crippen LogP) is 3.52. The van der Waals surface area contributed by atoms with Gasteiger partial charge in [-0.1, -0.05) is 23.7 Å². The van der Waals surface area contributed by atoms with Gasteiger partial charge in [-0.3, -0.25) is 9.69 Å². The molecule has 2 aromatic rings. The first-order valence-corrected chi connectivity index (χ1v) is 10.8. The Bertz CT molecular complexity index is 909. The summed E-state index contributed by atoms with van der Waals surface area (Å²) in [7, 11) is 0. The van der Waals surface area contributed by atoms with Crippen LogP contribution in [0, 0.1) is 5.82 Å². The molecule has 0 saturated carbocycles. The normalized spacial score (nSPS) is 23.4. The minimum atomic E-state index is -0.566. The van der Waals surface area contributed by atoms with Crippen molar-refractivity contribution in [3.05, 3.63) is 64.9 Å². The monoisotopic (exact) mass is 429 g/mol. The number of hydrogen-bond acceptors (Lipinski definition) is 4. The Labute approximate surface area is 181 Å². The molecule has 5 rings (SSSR count). The Morgan fingerprint density at radius 3 is 2.37 bits per heavy atom. The van der Waals surface area contributed by atoms with Crippen molar-refractivity contribution < 1.29 is 13.9 Å². The molecule has 1 spiro atoms. The molecule has 3 aliphatic rings. The number of hydrogen-bond donors (Lipinski definition) is 0. The van der Waals surface area contributed by atoms with Gasteiger partial charge in [-0.25, -0.2) is 4.39 Å². The van der Waals surface area contributed by atoms with Crippen molar-refractivity contribution in [1.29, 1.82) is 0 Å². The molecule has 1 amide bonds. The number of rotatable bonds is 5. The summed E-state index contributed by atoms with van der Waals surface area (Å²) in [5.41, 5.74) is 1.55. The van der Waals surface area contributed by atoms with E-state index in [2.05, 4.69) is 21.9 Å². The Balaban J connectivity index is 1.34. The van der Waals surface area contributed by atoms with Gasteiger partial charge < -0.3 is 14.5 Å². The first-order valence-electron chi connectivity index (χ1n) is 10.4. The molecule has 0 bridgehead atoms. The second-order valence-corrected chi connectivity index (χ2v) is 8.90. The fourth-order valence-electron chi connectivity index (χ4n) is 4.70. The Hall–Kier alpha value is -2.15. The first-order chi connectivity index (χ1) is 14.5. The lowest BCUT2D eigenvalue weighted by molar-refractivity contribution is -0.133. The summed E-state index contributed by atoms with van der Waals surface area (Å²) in [5, 5.41) is 0.738. The van der Waals surface area contributed by atoms with E-state index < -0.39 is 5.54 Å². The van der Waals surface area contributed by atoms with E-state index in [4.69, 9.17) is 16.3 Å². The third kappa shape index (κ3) is 3.80. The molecule has 30 heavy (non-hydrogen) atoms. The maximum absolute atomic E-state index is 13.5. The lowest BCUT2D eigenvalue weighted by Gasteiger charge is -2.43. The highest BCUT2D eigenvalue weighted by Crippen LogP contribution is 2.40. The van der Waals surface area contributed by atoms with Crippen molar-refractivity contribution in [3.63, 3.8) is 0 Å². The number of ether oxygens (including phenoxy) is 1. The second kappa shape index (κ2) is 7.84. The molecular weight excluding hydrogens is 405 g/mol. The molecule has 0 aromatic heterocycles. The van der Waals surface area contributed by atoms with E-state index in [-0.39, 0.29) is 17.8 Å². The summed E-state index contributed by atoms with van der Waals surface area (Å²) < 4.78 is 18.9. The molecule has 7 heteroatoms. The van der Waals surface area contributed by atoms with Crippen LogP contribution in [0.5, 0.6) is 0 Å². The van der Waals surface area contributed by atoms with Gasteiger partial charge in [-0.15, -0.1) is 0 Å². The van der Waals surface area contributed by atoms with Gasteiger partial charge in [0.1, 0.15) is 11.4 Å². The van der Waals surface area contributed by atoms with E-state index in [0.717, 1.165) is 49.8 Å². The number of benzene rings is 2. The topological polar surface area (TPSA) is 39.3 Å². The Kier molecular flexibility index (Phi) is 5.17. The Morgan fingerprint density at radius 1 is 1.07 bits per heavy atom. The van der Waals surface area contributed by atoms with E-state index in [0.29, 0.717) is 13.2 Å². The number of nitrogens with zero attached hydrogens (tertiary/aromatic N) is 3. The number of carbonyl (C=O) groups excluding carboxylic acids is 1. The molecule has 158 valence electrons. The summed E-state index contributed by atoms with van der Waals surface area (Å²) >= 11 is 6.00. The fraction of sp³-hybridized carbons (Fsp3) is 0.435. The quantitative estimate of drug-likeness (QED) is 0.682. The standard InChI is InChI=1S/C23H25ClFN3O2/c24-18-3-1-17(2-4-18)13-26-11-9-23(10-12-26)22(29)27(14-21-15-30-21)16-28(23)20-7-5-19(25)6-8-20/h1-8,21H,9-16H2. The van der Waals surface area contributed by atoms with E-state index >= 15 is 0 Å². The summed E-state index contributed by atoms with van der Waals surface area (Å²) in [6.45, 7) is 4.40. The van der Waals surface area contributed by atoms with E-state index in [1.54, 1.807) is 12.1 Å². The van der Waals surface area contributed by atoms with Crippen LogP contribution in [-0.4, -0.2) is 60.3 Å². The zero-order valence-electron chi connectivity index (χ0n) is 16.8. The van der Waals surface area contributed by atoms with Gasteiger partial charge in [-0.2, -0.15) is 0 Å². The highest BCUT2D eigenvalue weighted by molar-refractivity contribution is 6.30. The number of epoxide rings is 1. The molecular formula is C23H25ClFN3O2. The van der Waals surface area contributed by atoms with Crippen LogP contribution in [0.4, 0.5) is 10.1 Å². The maximum atomic E-state index is 13.5. The van der Waals surface area contributed by atoms with Gasteiger partial charge in [0.15, 0.2) is 0 Å². The van der Waals surface area contributed by atoms with E-state index in [1.807, 2.05) is 17.0 Å². The van der Waals surface area contributed by atoms with Gasteiger partial charge in [0.2, 0.25) is 5.91 Å². The molecule has 2 aromatic carbocycles. The number of halogens is 2. The molecule has 1 atom stereocenters. The fourth-order valence-corrected chi connectivity index (χ4v) is 4.83. The van der Waals surface area contributed by atoms with Crippen LogP contribution in [0.1, 0.15) is 18.4 Å². The van der Waals surface area contributed by atoms with Crippen molar-refractivity contribution in [2.75, 3.05) is 37.8 Å². The third-order valence-corrected chi connectivity index (χ3v) is 6.73. The lowest BCUT2D eigenvalue weighted by atomic mass is 9.85. The summed E-state index contributed by atoms with van der Waals surface area (Å²) in [6.07, 6.45) is 1.65. The van der Waals surface area contributed by atoms with Gasteiger partial charge in [0.05, 0.1) is 25.9 Å². The van der Waals surface area contributed by atoms with Gasteiger partial charge in [-0.05, 0) is 54.8 Å². The predicted molar refractivity (Wildman–Crippen MR) is 114 cm³/mol. The van der Waals surface area contributed by atoms with Gasteiger partial charge in [0.25, 0.3) is 0 Å². The molecule has 0 aliphatic carbocycles. The number of piperidine rings is 1. The smallest absolute Gasteiger partial charge is 0.250 e. The van der Waals surface area contributed by atoms with E-state index in [1.165, 1.54) is 17.7 Å². The number of carbonyl (C=O) groups is 1. The largest absolute Gasteiger partial charge is 0.371 e. The number of amides is 1. The zero-order chi connectivity index (χ0) is 20.7. The summed E-state index contributed by atoms with van der Waals surface area (Å²) in [6, 6.07) is 14.4. The van der Waals surface area contributed by atoms with Gasteiger partial charge in [0, 0.05) is 30.3 Å². The molecule has 3 aliphatic heterocycles. The zero-order valence-corrected chi connectivity index (χ0v) is 17.5. The maximum Gasteiger partial charge on any atom is 0.250 e. The molecule has 3 fully saturated rings. The first kappa shape index (κ1) is 19.8. The molecule has 5 nitrogen and oxygen atoms in total. The van der Waals surface area contributed by atoms with Crippen LogP contribution >= 0.6 is 11.6 Å². The minimum Gasteiger partial charge on any atom is -0.371 e. The van der Waals surface area contributed by atoms with Crippen molar-refractivity contribution in [2.24, 2.45) is 0 Å². The highest BCUT2D eigenvalue weighted by atomic mass is 35.5. The molecule has 1 unspecified atom stereocenters. The van der Waals surface area contributed by atoms with Crippen LogP contribution in [0.3, 0.4) is 0 Å².